The lowest BCUT2D eigenvalue weighted by Gasteiger charge is -2.34. The minimum Gasteiger partial charge on any atom is -0.382 e. The Morgan fingerprint density at radius 2 is 2.05 bits per heavy atom. The van der Waals surface area contributed by atoms with Gasteiger partial charge in [-0.05, 0) is 37.7 Å². The maximum Gasteiger partial charge on any atom is 0.274 e. The molecular weight excluding hydrogens is 240 g/mol. The van der Waals surface area contributed by atoms with Crippen LogP contribution in [-0.2, 0) is 0 Å². The zero-order valence-electron chi connectivity index (χ0n) is 11.8. The fraction of sp³-hybridized carbons (Fsp3) is 0.600. The molecule has 0 saturated heterocycles. The highest BCUT2D eigenvalue weighted by atomic mass is 16.6. The van der Waals surface area contributed by atoms with Crippen molar-refractivity contribution < 1.29 is 4.92 Å². The van der Waals surface area contributed by atoms with E-state index in [-0.39, 0.29) is 10.6 Å². The molecule has 0 aliphatic heterocycles. The quantitative estimate of drug-likeness (QED) is 0.658. The Morgan fingerprint density at radius 3 is 2.74 bits per heavy atom. The third kappa shape index (κ3) is 3.25. The highest BCUT2D eigenvalue weighted by molar-refractivity contribution is 5.55. The van der Waals surface area contributed by atoms with Gasteiger partial charge in [0.2, 0.25) is 0 Å². The molecular formula is C15H22N2O2. The lowest BCUT2D eigenvalue weighted by molar-refractivity contribution is -0.385. The number of hydrogen-bond acceptors (Lipinski definition) is 3. The summed E-state index contributed by atoms with van der Waals surface area (Å²) in [7, 11) is 0. The normalized spacial score (nSPS) is 27.0. The van der Waals surface area contributed by atoms with Crippen LogP contribution in [0.15, 0.2) is 18.2 Å². The molecule has 104 valence electrons. The number of anilines is 1. The van der Waals surface area contributed by atoms with Crippen LogP contribution < -0.4 is 5.32 Å². The number of nitrogens with zero attached hydrogens (tertiary/aromatic N) is 1. The summed E-state index contributed by atoms with van der Waals surface area (Å²) in [5.74, 6) is 1.35. The third-order valence-corrected chi connectivity index (χ3v) is 4.22. The minimum absolute atomic E-state index is 0.196. The van der Waals surface area contributed by atoms with Gasteiger partial charge in [-0.1, -0.05) is 26.3 Å². The summed E-state index contributed by atoms with van der Waals surface area (Å²) in [5, 5.41) is 14.4. The van der Waals surface area contributed by atoms with Crippen molar-refractivity contribution in [2.24, 2.45) is 11.8 Å². The standard InChI is InChI=1S/C15H22N2O2/c1-10-4-5-11(2)14(8-10)16-13-7-6-12(3)15(9-13)17(18)19/h6-7,9-11,14,16H,4-5,8H2,1-3H3. The summed E-state index contributed by atoms with van der Waals surface area (Å²) in [4.78, 5) is 10.6. The highest BCUT2D eigenvalue weighted by Crippen LogP contribution is 2.31. The van der Waals surface area contributed by atoms with Crippen LogP contribution >= 0.6 is 0 Å². The van der Waals surface area contributed by atoms with Crippen molar-refractivity contribution in [3.05, 3.63) is 33.9 Å². The van der Waals surface area contributed by atoms with Crippen LogP contribution in [0.5, 0.6) is 0 Å². The second-order valence-corrected chi connectivity index (χ2v) is 5.90. The van der Waals surface area contributed by atoms with Crippen molar-refractivity contribution in [3.63, 3.8) is 0 Å². The second-order valence-electron chi connectivity index (χ2n) is 5.90. The van der Waals surface area contributed by atoms with Gasteiger partial charge in [0, 0.05) is 23.4 Å². The molecule has 1 aliphatic carbocycles. The topological polar surface area (TPSA) is 55.2 Å². The monoisotopic (exact) mass is 262 g/mol. The van der Waals surface area contributed by atoms with Crippen LogP contribution in [0, 0.1) is 28.9 Å². The van der Waals surface area contributed by atoms with Gasteiger partial charge in [0.15, 0.2) is 0 Å². The van der Waals surface area contributed by atoms with E-state index in [1.807, 2.05) is 12.1 Å². The van der Waals surface area contributed by atoms with E-state index in [2.05, 4.69) is 19.2 Å². The predicted molar refractivity (Wildman–Crippen MR) is 77.4 cm³/mol. The Kier molecular flexibility index (Phi) is 4.08. The first-order valence-corrected chi connectivity index (χ1v) is 6.99. The molecule has 1 N–H and O–H groups in total. The van der Waals surface area contributed by atoms with Crippen molar-refractivity contribution >= 4 is 11.4 Å². The molecule has 2 rings (SSSR count). The van der Waals surface area contributed by atoms with Gasteiger partial charge in [-0.25, -0.2) is 0 Å². The van der Waals surface area contributed by atoms with Gasteiger partial charge in [0.25, 0.3) is 5.69 Å². The number of hydrogen-bond donors (Lipinski definition) is 1. The van der Waals surface area contributed by atoms with Crippen molar-refractivity contribution in [1.82, 2.24) is 0 Å². The van der Waals surface area contributed by atoms with Crippen LogP contribution in [0.4, 0.5) is 11.4 Å². The Bertz CT molecular complexity index is 473. The number of rotatable bonds is 3. The number of nitro groups is 1. The van der Waals surface area contributed by atoms with Crippen molar-refractivity contribution in [3.8, 4) is 0 Å². The fourth-order valence-electron chi connectivity index (χ4n) is 2.84. The van der Waals surface area contributed by atoms with Crippen LogP contribution in [0.2, 0.25) is 0 Å². The molecule has 3 unspecified atom stereocenters. The van der Waals surface area contributed by atoms with Gasteiger partial charge in [0.05, 0.1) is 4.92 Å². The van der Waals surface area contributed by atoms with Crippen molar-refractivity contribution in [2.75, 3.05) is 5.32 Å². The van der Waals surface area contributed by atoms with E-state index >= 15 is 0 Å². The third-order valence-electron chi connectivity index (χ3n) is 4.22. The summed E-state index contributed by atoms with van der Waals surface area (Å²) >= 11 is 0. The summed E-state index contributed by atoms with van der Waals surface area (Å²) in [6.07, 6.45) is 3.66. The van der Waals surface area contributed by atoms with Gasteiger partial charge < -0.3 is 5.32 Å². The van der Waals surface area contributed by atoms with Crippen LogP contribution in [-0.4, -0.2) is 11.0 Å². The Labute approximate surface area is 114 Å². The smallest absolute Gasteiger partial charge is 0.274 e. The Morgan fingerprint density at radius 1 is 1.32 bits per heavy atom. The van der Waals surface area contributed by atoms with Crippen molar-refractivity contribution in [1.29, 1.82) is 0 Å². The average molecular weight is 262 g/mol. The van der Waals surface area contributed by atoms with E-state index < -0.39 is 0 Å². The maximum atomic E-state index is 11.0. The molecule has 0 heterocycles. The average Bonchev–Trinajstić information content (AvgIpc) is 2.36. The maximum absolute atomic E-state index is 11.0. The molecule has 0 aromatic heterocycles. The molecule has 1 fully saturated rings. The van der Waals surface area contributed by atoms with E-state index in [0.717, 1.165) is 18.0 Å². The predicted octanol–water partition coefficient (Wildman–Crippen LogP) is 4.14. The molecule has 19 heavy (non-hydrogen) atoms. The molecule has 4 nitrogen and oxygen atoms in total. The van der Waals surface area contributed by atoms with E-state index in [1.165, 1.54) is 12.8 Å². The first-order chi connectivity index (χ1) is 8.97. The van der Waals surface area contributed by atoms with Crippen LogP contribution in [0.25, 0.3) is 0 Å². The van der Waals surface area contributed by atoms with Gasteiger partial charge in [-0.2, -0.15) is 0 Å². The van der Waals surface area contributed by atoms with Crippen LogP contribution in [0.1, 0.15) is 38.7 Å². The number of aryl methyl sites for hydroxylation is 1. The number of nitrogens with one attached hydrogen (secondary N) is 1. The van der Waals surface area contributed by atoms with E-state index in [9.17, 15) is 10.1 Å². The molecule has 1 saturated carbocycles. The molecule has 3 atom stereocenters. The number of nitro benzene ring substituents is 1. The molecule has 1 aliphatic rings. The molecule has 4 heteroatoms. The zero-order valence-corrected chi connectivity index (χ0v) is 11.8. The molecule has 1 aromatic rings. The Balaban J connectivity index is 2.14. The van der Waals surface area contributed by atoms with E-state index in [1.54, 1.807) is 13.0 Å². The van der Waals surface area contributed by atoms with E-state index in [4.69, 9.17) is 0 Å². The van der Waals surface area contributed by atoms with Gasteiger partial charge >= 0.3 is 0 Å². The molecule has 1 aromatic carbocycles. The summed E-state index contributed by atoms with van der Waals surface area (Å²) in [6.45, 7) is 6.30. The number of benzene rings is 1. The molecule has 0 amide bonds. The highest BCUT2D eigenvalue weighted by Gasteiger charge is 2.25. The van der Waals surface area contributed by atoms with Gasteiger partial charge in [0.1, 0.15) is 0 Å². The SMILES string of the molecule is Cc1ccc(NC2CC(C)CCC2C)cc1[N+](=O)[O-]. The second kappa shape index (κ2) is 5.59. The molecule has 0 spiro atoms. The Hall–Kier alpha value is -1.58. The lowest BCUT2D eigenvalue weighted by atomic mass is 9.80. The summed E-state index contributed by atoms with van der Waals surface area (Å²) in [6, 6.07) is 5.83. The zero-order chi connectivity index (χ0) is 14.0. The lowest BCUT2D eigenvalue weighted by Crippen LogP contribution is -2.33. The molecule has 0 radical (unpaired) electrons. The largest absolute Gasteiger partial charge is 0.382 e. The summed E-state index contributed by atoms with van der Waals surface area (Å²) < 4.78 is 0. The summed E-state index contributed by atoms with van der Waals surface area (Å²) in [5.41, 5.74) is 1.77. The first kappa shape index (κ1) is 13.8. The fourth-order valence-corrected chi connectivity index (χ4v) is 2.84. The van der Waals surface area contributed by atoms with E-state index in [0.29, 0.717) is 17.5 Å². The first-order valence-electron chi connectivity index (χ1n) is 6.99. The van der Waals surface area contributed by atoms with Crippen LogP contribution in [0.3, 0.4) is 0 Å². The molecule has 0 bridgehead atoms. The van der Waals surface area contributed by atoms with Crippen molar-refractivity contribution in [2.45, 2.75) is 46.1 Å². The van der Waals surface area contributed by atoms with Gasteiger partial charge in [-0.15, -0.1) is 0 Å². The minimum atomic E-state index is -0.312. The van der Waals surface area contributed by atoms with Gasteiger partial charge in [-0.3, -0.25) is 10.1 Å².